The first-order chi connectivity index (χ1) is 16.3. The first kappa shape index (κ1) is 25.3. The molecule has 0 heterocycles. The standard InChI is InChI=1S/C27H34N2O5/c1-4-5-10-18(15-24(30)29-25(17(2)3)26(31)32)28-27(33)34-16-23-21-13-8-6-11-19(21)20-12-7-9-14-22(20)23/h6-9,11-14,17-18,23,25H,4-5,10,15-16H2,1-3H3,(H,28,33)(H,29,30)(H,31,32)/t18-,25-/m0/s1. The molecule has 2 atom stereocenters. The van der Waals surface area contributed by atoms with Gasteiger partial charge in [0.2, 0.25) is 5.91 Å². The zero-order valence-corrected chi connectivity index (χ0v) is 20.0. The maximum Gasteiger partial charge on any atom is 0.407 e. The van der Waals surface area contributed by atoms with Crippen molar-refractivity contribution in [3.05, 3.63) is 59.7 Å². The number of alkyl carbamates (subject to hydrolysis) is 1. The molecule has 1 aliphatic rings. The van der Waals surface area contributed by atoms with Crippen LogP contribution in [0, 0.1) is 5.92 Å². The molecule has 0 aliphatic heterocycles. The predicted molar refractivity (Wildman–Crippen MR) is 131 cm³/mol. The molecule has 34 heavy (non-hydrogen) atoms. The molecule has 3 rings (SSSR count). The van der Waals surface area contributed by atoms with E-state index in [1.165, 1.54) is 0 Å². The van der Waals surface area contributed by atoms with Gasteiger partial charge in [0.25, 0.3) is 0 Å². The number of carbonyl (C=O) groups is 3. The Labute approximate surface area is 200 Å². The first-order valence-electron chi connectivity index (χ1n) is 12.0. The molecule has 7 heteroatoms. The van der Waals surface area contributed by atoms with E-state index >= 15 is 0 Å². The third-order valence-electron chi connectivity index (χ3n) is 6.25. The van der Waals surface area contributed by atoms with Crippen molar-refractivity contribution in [3.63, 3.8) is 0 Å². The van der Waals surface area contributed by atoms with E-state index in [-0.39, 0.29) is 24.9 Å². The SMILES string of the molecule is CCCC[C@@H](CC(=O)N[C@H](C(=O)O)C(C)C)NC(=O)OCC1c2ccccc2-c2ccccc21. The van der Waals surface area contributed by atoms with E-state index in [2.05, 4.69) is 34.9 Å². The number of unbranched alkanes of at least 4 members (excludes halogenated alkanes) is 1. The Kier molecular flexibility index (Phi) is 8.68. The molecule has 1 aliphatic carbocycles. The summed E-state index contributed by atoms with van der Waals surface area (Å²) in [5, 5.41) is 14.7. The van der Waals surface area contributed by atoms with Crippen LogP contribution in [-0.2, 0) is 14.3 Å². The fourth-order valence-electron chi connectivity index (χ4n) is 4.45. The zero-order valence-electron chi connectivity index (χ0n) is 20.0. The lowest BCUT2D eigenvalue weighted by atomic mass is 9.98. The Hall–Kier alpha value is -3.35. The number of hydrogen-bond donors (Lipinski definition) is 3. The number of hydrogen-bond acceptors (Lipinski definition) is 4. The number of amides is 2. The molecule has 0 spiro atoms. The van der Waals surface area contributed by atoms with Crippen molar-refractivity contribution in [3.8, 4) is 11.1 Å². The van der Waals surface area contributed by atoms with Crippen LogP contribution in [-0.4, -0.2) is 41.8 Å². The summed E-state index contributed by atoms with van der Waals surface area (Å²) in [4.78, 5) is 36.5. The molecule has 0 saturated heterocycles. The highest BCUT2D eigenvalue weighted by molar-refractivity contribution is 5.84. The summed E-state index contributed by atoms with van der Waals surface area (Å²) in [5.41, 5.74) is 4.57. The van der Waals surface area contributed by atoms with Gasteiger partial charge in [-0.05, 0) is 34.6 Å². The van der Waals surface area contributed by atoms with Crippen LogP contribution < -0.4 is 10.6 Å². The quantitative estimate of drug-likeness (QED) is 0.445. The highest BCUT2D eigenvalue weighted by atomic mass is 16.5. The van der Waals surface area contributed by atoms with Crippen molar-refractivity contribution < 1.29 is 24.2 Å². The number of rotatable bonds is 11. The monoisotopic (exact) mass is 466 g/mol. The smallest absolute Gasteiger partial charge is 0.407 e. The molecule has 2 amide bonds. The largest absolute Gasteiger partial charge is 0.480 e. The molecule has 0 fully saturated rings. The number of aliphatic carboxylic acids is 1. The highest BCUT2D eigenvalue weighted by Gasteiger charge is 2.30. The normalized spacial score (nSPS) is 14.1. The number of carboxylic acid groups (broad SMARTS) is 1. The van der Waals surface area contributed by atoms with Crippen LogP contribution in [0.5, 0.6) is 0 Å². The molecule has 2 aromatic rings. The third kappa shape index (κ3) is 6.16. The molecular weight excluding hydrogens is 432 g/mol. The van der Waals surface area contributed by atoms with Crippen LogP contribution in [0.1, 0.15) is 63.5 Å². The van der Waals surface area contributed by atoms with E-state index in [4.69, 9.17) is 4.74 Å². The Bertz CT molecular complexity index is 974. The van der Waals surface area contributed by atoms with E-state index in [0.29, 0.717) is 6.42 Å². The molecule has 182 valence electrons. The lowest BCUT2D eigenvalue weighted by Gasteiger charge is -2.22. The Morgan fingerprint density at radius 2 is 1.56 bits per heavy atom. The van der Waals surface area contributed by atoms with Gasteiger partial charge in [-0.3, -0.25) is 4.79 Å². The van der Waals surface area contributed by atoms with Gasteiger partial charge in [0, 0.05) is 18.4 Å². The average molecular weight is 467 g/mol. The van der Waals surface area contributed by atoms with Gasteiger partial charge in [0.15, 0.2) is 0 Å². The van der Waals surface area contributed by atoms with Crippen molar-refractivity contribution in [1.82, 2.24) is 10.6 Å². The lowest BCUT2D eigenvalue weighted by Crippen LogP contribution is -2.47. The molecule has 3 N–H and O–H groups in total. The Morgan fingerprint density at radius 3 is 2.09 bits per heavy atom. The molecule has 0 aromatic heterocycles. The van der Waals surface area contributed by atoms with Crippen LogP contribution in [0.2, 0.25) is 0 Å². The minimum atomic E-state index is -1.07. The third-order valence-corrected chi connectivity index (χ3v) is 6.25. The van der Waals surface area contributed by atoms with E-state index < -0.39 is 30.1 Å². The number of nitrogens with one attached hydrogen (secondary N) is 2. The van der Waals surface area contributed by atoms with Gasteiger partial charge in [-0.1, -0.05) is 82.1 Å². The second kappa shape index (κ2) is 11.7. The van der Waals surface area contributed by atoms with Gasteiger partial charge in [-0.15, -0.1) is 0 Å². The number of carboxylic acids is 1. The average Bonchev–Trinajstić information content (AvgIpc) is 3.13. The number of carbonyl (C=O) groups excluding carboxylic acids is 2. The van der Waals surface area contributed by atoms with Crippen molar-refractivity contribution in [1.29, 1.82) is 0 Å². The molecule has 0 unspecified atom stereocenters. The van der Waals surface area contributed by atoms with Crippen LogP contribution in [0.3, 0.4) is 0 Å². The van der Waals surface area contributed by atoms with Gasteiger partial charge < -0.3 is 20.5 Å². The van der Waals surface area contributed by atoms with Gasteiger partial charge in [0.1, 0.15) is 12.6 Å². The minimum absolute atomic E-state index is 0.000690. The van der Waals surface area contributed by atoms with Gasteiger partial charge in [-0.2, -0.15) is 0 Å². The van der Waals surface area contributed by atoms with Gasteiger partial charge in [0.05, 0.1) is 0 Å². The lowest BCUT2D eigenvalue weighted by molar-refractivity contribution is -0.143. The van der Waals surface area contributed by atoms with Crippen LogP contribution in [0.4, 0.5) is 4.79 Å². The molecular formula is C27H34N2O5. The van der Waals surface area contributed by atoms with Crippen molar-refractivity contribution in [2.24, 2.45) is 5.92 Å². The number of benzene rings is 2. The molecule has 0 radical (unpaired) electrons. The molecule has 0 saturated carbocycles. The second-order valence-electron chi connectivity index (χ2n) is 9.14. The predicted octanol–water partition coefficient (Wildman–Crippen LogP) is 4.70. The maximum absolute atomic E-state index is 12.7. The van der Waals surface area contributed by atoms with Gasteiger partial charge in [-0.25, -0.2) is 9.59 Å². The summed E-state index contributed by atoms with van der Waals surface area (Å²) in [6.07, 6.45) is 1.77. The summed E-state index contributed by atoms with van der Waals surface area (Å²) < 4.78 is 5.61. The van der Waals surface area contributed by atoms with E-state index in [9.17, 15) is 19.5 Å². The molecule has 7 nitrogen and oxygen atoms in total. The van der Waals surface area contributed by atoms with Crippen molar-refractivity contribution in [2.75, 3.05) is 6.61 Å². The topological polar surface area (TPSA) is 105 Å². The van der Waals surface area contributed by atoms with Crippen LogP contribution in [0.15, 0.2) is 48.5 Å². The Morgan fingerprint density at radius 1 is 0.971 bits per heavy atom. The summed E-state index contributed by atoms with van der Waals surface area (Å²) in [5.74, 6) is -1.76. The summed E-state index contributed by atoms with van der Waals surface area (Å²) in [6, 6.07) is 14.9. The fourth-order valence-corrected chi connectivity index (χ4v) is 4.45. The maximum atomic E-state index is 12.7. The Balaban J connectivity index is 1.61. The summed E-state index contributed by atoms with van der Waals surface area (Å²) in [6.45, 7) is 5.70. The first-order valence-corrected chi connectivity index (χ1v) is 12.0. The second-order valence-corrected chi connectivity index (χ2v) is 9.14. The van der Waals surface area contributed by atoms with Crippen LogP contribution >= 0.6 is 0 Å². The number of ether oxygens (including phenoxy) is 1. The zero-order chi connectivity index (χ0) is 24.7. The minimum Gasteiger partial charge on any atom is -0.480 e. The van der Waals surface area contributed by atoms with E-state index in [0.717, 1.165) is 35.1 Å². The number of fused-ring (bicyclic) bond motifs is 3. The summed E-state index contributed by atoms with van der Waals surface area (Å²) >= 11 is 0. The van der Waals surface area contributed by atoms with E-state index in [1.54, 1.807) is 13.8 Å². The van der Waals surface area contributed by atoms with Crippen molar-refractivity contribution >= 4 is 18.0 Å². The fraction of sp³-hybridized carbons (Fsp3) is 0.444. The van der Waals surface area contributed by atoms with E-state index in [1.807, 2.05) is 31.2 Å². The summed E-state index contributed by atoms with van der Waals surface area (Å²) in [7, 11) is 0. The van der Waals surface area contributed by atoms with Crippen molar-refractivity contribution in [2.45, 2.75) is 64.5 Å². The highest BCUT2D eigenvalue weighted by Crippen LogP contribution is 2.44. The molecule has 0 bridgehead atoms. The van der Waals surface area contributed by atoms with Crippen LogP contribution in [0.25, 0.3) is 11.1 Å². The molecule has 2 aromatic carbocycles. The van der Waals surface area contributed by atoms with Gasteiger partial charge >= 0.3 is 12.1 Å².